The van der Waals surface area contributed by atoms with Gasteiger partial charge in [0.15, 0.2) is 0 Å². The highest BCUT2D eigenvalue weighted by atomic mass is 14.2. The molecule has 0 saturated carbocycles. The van der Waals surface area contributed by atoms with Crippen molar-refractivity contribution in [2.75, 3.05) is 0 Å². The average molecular weight is 199 g/mol. The molecule has 0 N–H and O–H groups in total. The largest absolute Gasteiger partial charge is 0.198 e. The molecule has 1 unspecified atom stereocenters. The van der Waals surface area contributed by atoms with Crippen molar-refractivity contribution in [3.8, 4) is 6.07 Å². The number of allylic oxidation sites excluding steroid dienone is 1. The molecule has 1 atom stereocenters. The fraction of sp³-hybridized carbons (Fsp3) is 0.357. The van der Waals surface area contributed by atoms with Gasteiger partial charge in [-0.1, -0.05) is 42.5 Å². The van der Waals surface area contributed by atoms with Crippen molar-refractivity contribution in [2.45, 2.75) is 26.2 Å². The summed E-state index contributed by atoms with van der Waals surface area (Å²) in [6.45, 7) is 5.94. The van der Waals surface area contributed by atoms with E-state index in [2.05, 4.69) is 36.9 Å². The topological polar surface area (TPSA) is 23.8 Å². The second kappa shape index (κ2) is 6.03. The van der Waals surface area contributed by atoms with Crippen molar-refractivity contribution in [3.05, 3.63) is 48.0 Å². The van der Waals surface area contributed by atoms with Crippen LogP contribution in [0.2, 0.25) is 0 Å². The number of benzene rings is 1. The lowest BCUT2D eigenvalue weighted by Crippen LogP contribution is -2.02. The molecule has 0 aliphatic heterocycles. The van der Waals surface area contributed by atoms with Crippen molar-refractivity contribution in [2.24, 2.45) is 5.92 Å². The van der Waals surface area contributed by atoms with Crippen LogP contribution in [0, 0.1) is 17.2 Å². The molecule has 15 heavy (non-hydrogen) atoms. The Labute approximate surface area is 92.1 Å². The fourth-order valence-corrected chi connectivity index (χ4v) is 1.62. The predicted octanol–water partition coefficient (Wildman–Crippen LogP) is 3.73. The zero-order valence-corrected chi connectivity index (χ0v) is 9.24. The molecule has 1 rings (SSSR count). The Kier molecular flexibility index (Phi) is 4.63. The first-order valence-electron chi connectivity index (χ1n) is 5.30. The summed E-state index contributed by atoms with van der Waals surface area (Å²) in [6.07, 6.45) is 2.63. The van der Waals surface area contributed by atoms with Crippen LogP contribution in [0.3, 0.4) is 0 Å². The van der Waals surface area contributed by atoms with Gasteiger partial charge in [0.25, 0.3) is 0 Å². The van der Waals surface area contributed by atoms with Gasteiger partial charge < -0.3 is 0 Å². The second-order valence-electron chi connectivity index (χ2n) is 3.93. The van der Waals surface area contributed by atoms with Gasteiger partial charge in [0.05, 0.1) is 6.07 Å². The van der Waals surface area contributed by atoms with E-state index in [0.717, 1.165) is 18.4 Å². The molecule has 0 heterocycles. The highest BCUT2D eigenvalue weighted by Crippen LogP contribution is 2.19. The van der Waals surface area contributed by atoms with Crippen LogP contribution >= 0.6 is 0 Å². The molecule has 78 valence electrons. The Balaban J connectivity index is 2.48. The van der Waals surface area contributed by atoms with E-state index >= 15 is 0 Å². The normalized spacial score (nSPS) is 11.7. The van der Waals surface area contributed by atoms with Gasteiger partial charge in [0, 0.05) is 6.42 Å². The van der Waals surface area contributed by atoms with Crippen molar-refractivity contribution in [1.82, 2.24) is 0 Å². The maximum absolute atomic E-state index is 8.69. The van der Waals surface area contributed by atoms with Crippen molar-refractivity contribution in [1.29, 1.82) is 5.26 Å². The number of aryl methyl sites for hydroxylation is 1. The Morgan fingerprint density at radius 2 is 2.07 bits per heavy atom. The molecule has 0 amide bonds. The molecular formula is C14H17N. The van der Waals surface area contributed by atoms with Crippen LogP contribution in [-0.4, -0.2) is 0 Å². The van der Waals surface area contributed by atoms with E-state index in [-0.39, 0.29) is 0 Å². The molecule has 1 nitrogen and oxygen atoms in total. The number of rotatable bonds is 5. The molecule has 0 aliphatic rings. The Morgan fingerprint density at radius 1 is 1.40 bits per heavy atom. The smallest absolute Gasteiger partial charge is 0.0628 e. The van der Waals surface area contributed by atoms with Crippen molar-refractivity contribution < 1.29 is 0 Å². The Bertz CT molecular complexity index is 345. The summed E-state index contributed by atoms with van der Waals surface area (Å²) in [5, 5.41) is 8.69. The van der Waals surface area contributed by atoms with Gasteiger partial charge >= 0.3 is 0 Å². The van der Waals surface area contributed by atoms with E-state index in [9.17, 15) is 0 Å². The van der Waals surface area contributed by atoms with Crippen LogP contribution in [0.1, 0.15) is 25.3 Å². The van der Waals surface area contributed by atoms with E-state index < -0.39 is 0 Å². The highest BCUT2D eigenvalue weighted by Gasteiger charge is 2.08. The zero-order chi connectivity index (χ0) is 11.1. The van der Waals surface area contributed by atoms with E-state index in [1.54, 1.807) is 0 Å². The third kappa shape index (κ3) is 3.99. The monoisotopic (exact) mass is 199 g/mol. The van der Waals surface area contributed by atoms with Crippen molar-refractivity contribution in [3.63, 3.8) is 0 Å². The van der Waals surface area contributed by atoms with Gasteiger partial charge in [-0.15, -0.1) is 0 Å². The van der Waals surface area contributed by atoms with Gasteiger partial charge in [-0.2, -0.15) is 5.26 Å². The summed E-state index contributed by atoms with van der Waals surface area (Å²) < 4.78 is 0. The van der Waals surface area contributed by atoms with E-state index in [4.69, 9.17) is 5.26 Å². The van der Waals surface area contributed by atoms with Gasteiger partial charge in [-0.25, -0.2) is 0 Å². The zero-order valence-electron chi connectivity index (χ0n) is 9.24. The maximum Gasteiger partial charge on any atom is 0.0628 e. The van der Waals surface area contributed by atoms with Crippen molar-refractivity contribution >= 4 is 0 Å². The van der Waals surface area contributed by atoms with Gasteiger partial charge in [-0.05, 0) is 31.2 Å². The number of nitriles is 1. The summed E-state index contributed by atoms with van der Waals surface area (Å²) in [7, 11) is 0. The summed E-state index contributed by atoms with van der Waals surface area (Å²) in [6, 6.07) is 12.6. The first-order valence-corrected chi connectivity index (χ1v) is 5.30. The summed E-state index contributed by atoms with van der Waals surface area (Å²) in [5.74, 6) is 0.343. The standard InChI is InChI=1S/C14H17N/c1-12(2)14(10-11-15)9-8-13-6-4-3-5-7-13/h3-7,14H,1,8-10H2,2H3. The lowest BCUT2D eigenvalue weighted by molar-refractivity contribution is 0.574. The minimum Gasteiger partial charge on any atom is -0.198 e. The molecule has 0 aromatic heterocycles. The van der Waals surface area contributed by atoms with Gasteiger partial charge in [-0.3, -0.25) is 0 Å². The van der Waals surface area contributed by atoms with Crippen LogP contribution in [0.4, 0.5) is 0 Å². The molecule has 1 aromatic rings. The lowest BCUT2D eigenvalue weighted by atomic mass is 9.92. The SMILES string of the molecule is C=C(C)C(CC#N)CCc1ccccc1. The first-order chi connectivity index (χ1) is 7.24. The third-order valence-electron chi connectivity index (χ3n) is 2.66. The van der Waals surface area contributed by atoms with Crippen LogP contribution in [0.5, 0.6) is 0 Å². The first kappa shape index (κ1) is 11.5. The van der Waals surface area contributed by atoms with Crippen LogP contribution in [0.15, 0.2) is 42.5 Å². The molecule has 0 spiro atoms. The number of hydrogen-bond donors (Lipinski definition) is 0. The Morgan fingerprint density at radius 3 is 2.60 bits per heavy atom. The second-order valence-corrected chi connectivity index (χ2v) is 3.93. The van der Waals surface area contributed by atoms with Crippen LogP contribution < -0.4 is 0 Å². The van der Waals surface area contributed by atoms with E-state index in [1.807, 2.05) is 13.0 Å². The molecule has 0 aliphatic carbocycles. The summed E-state index contributed by atoms with van der Waals surface area (Å²) in [4.78, 5) is 0. The molecule has 0 saturated heterocycles. The maximum atomic E-state index is 8.69. The average Bonchev–Trinajstić information content (AvgIpc) is 2.25. The lowest BCUT2D eigenvalue weighted by Gasteiger charge is -2.12. The number of hydrogen-bond acceptors (Lipinski definition) is 1. The molecule has 1 heteroatoms. The summed E-state index contributed by atoms with van der Waals surface area (Å²) >= 11 is 0. The third-order valence-corrected chi connectivity index (χ3v) is 2.66. The van der Waals surface area contributed by atoms with E-state index in [0.29, 0.717) is 12.3 Å². The van der Waals surface area contributed by atoms with Gasteiger partial charge in [0.2, 0.25) is 0 Å². The molecule has 0 radical (unpaired) electrons. The molecule has 1 aromatic carbocycles. The molecule has 0 bridgehead atoms. The molecular weight excluding hydrogens is 182 g/mol. The van der Waals surface area contributed by atoms with Crippen LogP contribution in [0.25, 0.3) is 0 Å². The Hall–Kier alpha value is -1.55. The number of nitrogens with zero attached hydrogens (tertiary/aromatic N) is 1. The minimum absolute atomic E-state index is 0.343. The van der Waals surface area contributed by atoms with Crippen LogP contribution in [-0.2, 0) is 6.42 Å². The fourth-order valence-electron chi connectivity index (χ4n) is 1.62. The highest BCUT2D eigenvalue weighted by molar-refractivity contribution is 5.15. The summed E-state index contributed by atoms with van der Waals surface area (Å²) in [5.41, 5.74) is 2.45. The van der Waals surface area contributed by atoms with Gasteiger partial charge in [0.1, 0.15) is 0 Å². The van der Waals surface area contributed by atoms with E-state index in [1.165, 1.54) is 5.56 Å². The quantitative estimate of drug-likeness (QED) is 0.663. The molecule has 0 fully saturated rings. The minimum atomic E-state index is 0.343. The predicted molar refractivity (Wildman–Crippen MR) is 63.3 cm³/mol.